The third kappa shape index (κ3) is 4.59. The molecule has 2 aromatic carbocycles. The Morgan fingerprint density at radius 2 is 1.75 bits per heavy atom. The van der Waals surface area contributed by atoms with Crippen LogP contribution in [0.1, 0.15) is 10.4 Å². The largest absolute Gasteiger partial charge is 0.319 e. The van der Waals surface area contributed by atoms with Gasteiger partial charge in [0.2, 0.25) is 10.0 Å². The van der Waals surface area contributed by atoms with Crippen LogP contribution in [-0.2, 0) is 10.0 Å². The van der Waals surface area contributed by atoms with Gasteiger partial charge in [0, 0.05) is 11.1 Å². The lowest BCUT2D eigenvalue weighted by molar-refractivity contribution is 0.102. The molecule has 0 aliphatic heterocycles. The number of hydrogen-bond acceptors (Lipinski definition) is 5. The number of carbonyl (C=O) groups excluding carboxylic acids is 1. The van der Waals surface area contributed by atoms with Crippen LogP contribution in [0.15, 0.2) is 71.9 Å². The van der Waals surface area contributed by atoms with Gasteiger partial charge >= 0.3 is 0 Å². The molecule has 0 bridgehead atoms. The molecule has 0 spiro atoms. The van der Waals surface area contributed by atoms with Crippen LogP contribution in [0, 0.1) is 12.3 Å². The topological polar surface area (TPSA) is 101 Å². The number of nitrogens with zero attached hydrogens (tertiary/aromatic N) is 2. The highest BCUT2D eigenvalue weighted by Gasteiger charge is 2.16. The summed E-state index contributed by atoms with van der Waals surface area (Å²) in [5.74, 6) is 2.25. The first-order chi connectivity index (χ1) is 13.5. The molecule has 140 valence electrons. The Bertz CT molecular complexity index is 1120. The second-order valence-corrected chi connectivity index (χ2v) is 7.44. The van der Waals surface area contributed by atoms with Gasteiger partial charge in [-0.15, -0.1) is 6.42 Å². The summed E-state index contributed by atoms with van der Waals surface area (Å²) in [6, 6.07) is 15.1. The van der Waals surface area contributed by atoms with Crippen molar-refractivity contribution < 1.29 is 13.2 Å². The summed E-state index contributed by atoms with van der Waals surface area (Å²) >= 11 is 0. The van der Waals surface area contributed by atoms with Gasteiger partial charge in [0.05, 0.1) is 29.5 Å². The zero-order valence-electron chi connectivity index (χ0n) is 14.7. The number of benzene rings is 2. The van der Waals surface area contributed by atoms with E-state index in [1.807, 2.05) is 30.3 Å². The standard InChI is InChI=1S/C20H16N4O3S/c1-2-11-23-28(26,27)18-10-6-9-16(12-18)20(25)24-17-13-21-19(22-14-17)15-7-4-3-5-8-15/h1,3-10,12-14,23H,11H2,(H,24,25). The molecule has 28 heavy (non-hydrogen) atoms. The monoisotopic (exact) mass is 392 g/mol. The van der Waals surface area contributed by atoms with E-state index < -0.39 is 15.9 Å². The fourth-order valence-corrected chi connectivity index (χ4v) is 3.34. The molecule has 0 unspecified atom stereocenters. The molecular formula is C20H16N4O3S. The molecule has 0 aliphatic rings. The zero-order chi connectivity index (χ0) is 20.0. The average Bonchev–Trinajstić information content (AvgIpc) is 2.73. The molecule has 8 heteroatoms. The van der Waals surface area contributed by atoms with E-state index in [0.29, 0.717) is 11.5 Å². The van der Waals surface area contributed by atoms with E-state index in [-0.39, 0.29) is 17.0 Å². The van der Waals surface area contributed by atoms with Gasteiger partial charge in [0.1, 0.15) is 0 Å². The summed E-state index contributed by atoms with van der Waals surface area (Å²) in [6.07, 6.45) is 8.05. The lowest BCUT2D eigenvalue weighted by atomic mass is 10.2. The molecule has 0 atom stereocenters. The summed E-state index contributed by atoms with van der Waals surface area (Å²) in [7, 11) is -3.78. The van der Waals surface area contributed by atoms with Crippen molar-refractivity contribution in [2.75, 3.05) is 11.9 Å². The summed E-state index contributed by atoms with van der Waals surface area (Å²) in [5.41, 5.74) is 1.43. The SMILES string of the molecule is C#CCNS(=O)(=O)c1cccc(C(=O)Nc2cnc(-c3ccccc3)nc2)c1. The van der Waals surface area contributed by atoms with Crippen molar-refractivity contribution in [2.45, 2.75) is 4.90 Å². The molecule has 1 amide bonds. The first kappa shape index (κ1) is 19.2. The molecule has 7 nitrogen and oxygen atoms in total. The number of terminal acetylenes is 1. The summed E-state index contributed by atoms with van der Waals surface area (Å²) < 4.78 is 26.5. The molecule has 0 saturated heterocycles. The van der Waals surface area contributed by atoms with Crippen molar-refractivity contribution in [3.8, 4) is 23.7 Å². The van der Waals surface area contributed by atoms with Gasteiger partial charge in [0.25, 0.3) is 5.91 Å². The fraction of sp³-hybridized carbons (Fsp3) is 0.0500. The van der Waals surface area contributed by atoms with Crippen LogP contribution in [0.5, 0.6) is 0 Å². The molecular weight excluding hydrogens is 376 g/mol. The molecule has 0 aliphatic carbocycles. The van der Waals surface area contributed by atoms with Gasteiger partial charge < -0.3 is 5.32 Å². The Balaban J connectivity index is 1.75. The quantitative estimate of drug-likeness (QED) is 0.627. The van der Waals surface area contributed by atoms with Gasteiger partial charge in [-0.25, -0.2) is 18.4 Å². The third-order valence-electron chi connectivity index (χ3n) is 3.71. The van der Waals surface area contributed by atoms with Crippen molar-refractivity contribution >= 4 is 21.6 Å². The van der Waals surface area contributed by atoms with E-state index in [4.69, 9.17) is 6.42 Å². The van der Waals surface area contributed by atoms with Crippen LogP contribution in [-0.4, -0.2) is 30.8 Å². The number of aromatic nitrogens is 2. The lowest BCUT2D eigenvalue weighted by Crippen LogP contribution is -2.24. The maximum absolute atomic E-state index is 12.4. The second kappa shape index (κ2) is 8.43. The summed E-state index contributed by atoms with van der Waals surface area (Å²) in [5, 5.41) is 2.65. The van der Waals surface area contributed by atoms with Crippen LogP contribution in [0.3, 0.4) is 0 Å². The van der Waals surface area contributed by atoms with Crippen LogP contribution in [0.2, 0.25) is 0 Å². The maximum atomic E-state index is 12.4. The minimum atomic E-state index is -3.78. The van der Waals surface area contributed by atoms with Gasteiger partial charge in [0.15, 0.2) is 5.82 Å². The van der Waals surface area contributed by atoms with Gasteiger partial charge in [-0.2, -0.15) is 4.72 Å². The lowest BCUT2D eigenvalue weighted by Gasteiger charge is -2.08. The summed E-state index contributed by atoms with van der Waals surface area (Å²) in [4.78, 5) is 20.9. The van der Waals surface area contributed by atoms with Crippen molar-refractivity contribution in [1.29, 1.82) is 0 Å². The van der Waals surface area contributed by atoms with Crippen molar-refractivity contribution in [2.24, 2.45) is 0 Å². The predicted molar refractivity (Wildman–Crippen MR) is 106 cm³/mol. The van der Waals surface area contributed by atoms with E-state index in [1.54, 1.807) is 0 Å². The van der Waals surface area contributed by atoms with E-state index >= 15 is 0 Å². The van der Waals surface area contributed by atoms with Crippen molar-refractivity contribution in [3.05, 3.63) is 72.6 Å². The predicted octanol–water partition coefficient (Wildman–Crippen LogP) is 2.31. The molecule has 1 heterocycles. The second-order valence-electron chi connectivity index (χ2n) is 5.67. The molecule has 0 fully saturated rings. The van der Waals surface area contributed by atoms with E-state index in [0.717, 1.165) is 5.56 Å². The molecule has 1 aromatic heterocycles. The molecule has 2 N–H and O–H groups in total. The summed E-state index contributed by atoms with van der Waals surface area (Å²) in [6.45, 7) is -0.135. The third-order valence-corrected chi connectivity index (χ3v) is 5.11. The van der Waals surface area contributed by atoms with E-state index in [1.165, 1.54) is 36.7 Å². The number of rotatable bonds is 6. The minimum Gasteiger partial charge on any atom is -0.319 e. The van der Waals surface area contributed by atoms with Gasteiger partial charge in [-0.05, 0) is 18.2 Å². The van der Waals surface area contributed by atoms with Crippen molar-refractivity contribution in [3.63, 3.8) is 0 Å². The molecule has 3 rings (SSSR count). The smallest absolute Gasteiger partial charge is 0.255 e. The first-order valence-corrected chi connectivity index (χ1v) is 9.70. The number of carbonyl (C=O) groups is 1. The van der Waals surface area contributed by atoms with Crippen LogP contribution in [0.25, 0.3) is 11.4 Å². The van der Waals surface area contributed by atoms with E-state index in [2.05, 4.69) is 25.9 Å². The van der Waals surface area contributed by atoms with E-state index in [9.17, 15) is 13.2 Å². The highest BCUT2D eigenvalue weighted by molar-refractivity contribution is 7.89. The highest BCUT2D eigenvalue weighted by Crippen LogP contribution is 2.16. The Kier molecular flexibility index (Phi) is 5.79. The molecule has 0 radical (unpaired) electrons. The average molecular weight is 392 g/mol. The Hall–Kier alpha value is -3.54. The minimum absolute atomic E-state index is 0.0499. The fourth-order valence-electron chi connectivity index (χ4n) is 2.36. The molecule has 0 saturated carbocycles. The van der Waals surface area contributed by atoms with Crippen LogP contribution >= 0.6 is 0 Å². The molecule has 3 aromatic rings. The van der Waals surface area contributed by atoms with Crippen molar-refractivity contribution in [1.82, 2.24) is 14.7 Å². The normalized spacial score (nSPS) is 10.8. The van der Waals surface area contributed by atoms with Crippen LogP contribution in [0.4, 0.5) is 5.69 Å². The highest BCUT2D eigenvalue weighted by atomic mass is 32.2. The number of nitrogens with one attached hydrogen (secondary N) is 2. The number of amides is 1. The van der Waals surface area contributed by atoms with Gasteiger partial charge in [-0.1, -0.05) is 42.3 Å². The maximum Gasteiger partial charge on any atom is 0.255 e. The van der Waals surface area contributed by atoms with Crippen LogP contribution < -0.4 is 10.0 Å². The Morgan fingerprint density at radius 1 is 1.04 bits per heavy atom. The number of anilines is 1. The number of hydrogen-bond donors (Lipinski definition) is 2. The van der Waals surface area contributed by atoms with Gasteiger partial charge in [-0.3, -0.25) is 4.79 Å². The first-order valence-electron chi connectivity index (χ1n) is 8.21. The Morgan fingerprint density at radius 3 is 2.43 bits per heavy atom. The zero-order valence-corrected chi connectivity index (χ0v) is 15.5. The number of sulfonamides is 1. The Labute approximate surface area is 162 Å².